The van der Waals surface area contributed by atoms with Crippen molar-refractivity contribution < 1.29 is 9.59 Å². The van der Waals surface area contributed by atoms with Crippen molar-refractivity contribution in [3.63, 3.8) is 0 Å². The highest BCUT2D eigenvalue weighted by Crippen LogP contribution is 2.40. The number of amides is 1. The minimum absolute atomic E-state index is 0.0192. The van der Waals surface area contributed by atoms with Crippen LogP contribution in [0.1, 0.15) is 47.5 Å². The molecule has 1 fully saturated rings. The molecule has 1 saturated heterocycles. The van der Waals surface area contributed by atoms with E-state index in [4.69, 9.17) is 0 Å². The summed E-state index contributed by atoms with van der Waals surface area (Å²) < 4.78 is 0. The summed E-state index contributed by atoms with van der Waals surface area (Å²) in [5.74, 6) is 0.982. The van der Waals surface area contributed by atoms with E-state index >= 15 is 0 Å². The van der Waals surface area contributed by atoms with E-state index in [-0.39, 0.29) is 23.0 Å². The third kappa shape index (κ3) is 2.88. The van der Waals surface area contributed by atoms with E-state index in [1.165, 1.54) is 0 Å². The molecule has 0 aromatic carbocycles. The lowest BCUT2D eigenvalue weighted by Crippen LogP contribution is -2.37. The van der Waals surface area contributed by atoms with Gasteiger partial charge < -0.3 is 4.90 Å². The van der Waals surface area contributed by atoms with Gasteiger partial charge in [0.25, 0.3) is 0 Å². The Bertz CT molecular complexity index is 309. The summed E-state index contributed by atoms with van der Waals surface area (Å²) in [6, 6.07) is 0. The van der Waals surface area contributed by atoms with Crippen LogP contribution in [0, 0.1) is 17.3 Å². The summed E-state index contributed by atoms with van der Waals surface area (Å²) in [6.45, 7) is 11.6. The zero-order chi connectivity index (χ0) is 13.2. The molecule has 1 rings (SSSR count). The maximum atomic E-state index is 11.6. The molecule has 17 heavy (non-hydrogen) atoms. The summed E-state index contributed by atoms with van der Waals surface area (Å²) in [4.78, 5) is 25.1. The van der Waals surface area contributed by atoms with E-state index in [0.29, 0.717) is 12.3 Å². The molecule has 0 radical (unpaired) electrons. The summed E-state index contributed by atoms with van der Waals surface area (Å²) in [7, 11) is 0. The van der Waals surface area contributed by atoms with Crippen LogP contribution < -0.4 is 0 Å². The molecule has 3 nitrogen and oxygen atoms in total. The quantitative estimate of drug-likeness (QED) is 0.756. The summed E-state index contributed by atoms with van der Waals surface area (Å²) >= 11 is 0. The predicted molar refractivity (Wildman–Crippen MR) is 68.6 cm³/mol. The van der Waals surface area contributed by atoms with E-state index in [2.05, 4.69) is 13.8 Å². The maximum Gasteiger partial charge on any atom is 0.222 e. The van der Waals surface area contributed by atoms with Crippen molar-refractivity contribution in [2.45, 2.75) is 47.5 Å². The Kier molecular flexibility index (Phi) is 4.34. The van der Waals surface area contributed by atoms with E-state index in [0.717, 1.165) is 19.5 Å². The molecule has 1 aliphatic rings. The fraction of sp³-hybridized carbons (Fsp3) is 0.857. The van der Waals surface area contributed by atoms with Gasteiger partial charge in [-0.1, -0.05) is 27.7 Å². The first-order chi connectivity index (χ1) is 7.80. The molecule has 0 aliphatic carbocycles. The molecule has 0 saturated carbocycles. The van der Waals surface area contributed by atoms with Crippen LogP contribution in [0.4, 0.5) is 0 Å². The normalized spacial score (nSPS) is 22.6. The van der Waals surface area contributed by atoms with Crippen LogP contribution in [0.25, 0.3) is 0 Å². The molecule has 1 heterocycles. The first kappa shape index (κ1) is 14.2. The number of hydrogen-bond acceptors (Lipinski definition) is 2. The van der Waals surface area contributed by atoms with Crippen molar-refractivity contribution in [2.75, 3.05) is 13.1 Å². The van der Waals surface area contributed by atoms with Gasteiger partial charge in [-0.05, 0) is 24.7 Å². The molecule has 98 valence electrons. The monoisotopic (exact) mass is 239 g/mol. The van der Waals surface area contributed by atoms with Crippen molar-refractivity contribution in [3.8, 4) is 0 Å². The summed E-state index contributed by atoms with van der Waals surface area (Å²) in [5, 5.41) is 0. The molecule has 0 aromatic heterocycles. The zero-order valence-corrected chi connectivity index (χ0v) is 11.7. The molecular weight excluding hydrogens is 214 g/mol. The topological polar surface area (TPSA) is 37.4 Å². The van der Waals surface area contributed by atoms with Crippen LogP contribution in [0.2, 0.25) is 0 Å². The second-order valence-electron chi connectivity index (χ2n) is 5.83. The largest absolute Gasteiger partial charge is 0.342 e. The predicted octanol–water partition coefficient (Wildman–Crippen LogP) is 2.50. The Morgan fingerprint density at radius 3 is 2.47 bits per heavy atom. The average molecular weight is 239 g/mol. The molecule has 0 spiro atoms. The van der Waals surface area contributed by atoms with Crippen LogP contribution in [-0.2, 0) is 9.59 Å². The molecule has 0 aromatic rings. The van der Waals surface area contributed by atoms with Gasteiger partial charge in [-0.15, -0.1) is 0 Å². The molecule has 0 bridgehead atoms. The van der Waals surface area contributed by atoms with Crippen LogP contribution in [-0.4, -0.2) is 29.7 Å². The van der Waals surface area contributed by atoms with Crippen LogP contribution >= 0.6 is 0 Å². The lowest BCUT2D eigenvalue weighted by atomic mass is 9.68. The number of nitrogens with zero attached hydrogens (tertiary/aromatic N) is 1. The molecule has 0 N–H and O–H groups in total. The van der Waals surface area contributed by atoms with Crippen LogP contribution in [0.5, 0.6) is 0 Å². The first-order valence-corrected chi connectivity index (χ1v) is 6.58. The minimum atomic E-state index is -0.0192. The van der Waals surface area contributed by atoms with E-state index in [1.54, 1.807) is 6.92 Å². The van der Waals surface area contributed by atoms with Gasteiger partial charge in [0.15, 0.2) is 0 Å². The molecule has 2 unspecified atom stereocenters. The number of rotatable bonds is 4. The molecule has 1 amide bonds. The molecular formula is C14H25NO2. The molecule has 1 aliphatic heterocycles. The van der Waals surface area contributed by atoms with E-state index < -0.39 is 0 Å². The Morgan fingerprint density at radius 2 is 2.00 bits per heavy atom. The minimum Gasteiger partial charge on any atom is -0.342 e. The summed E-state index contributed by atoms with van der Waals surface area (Å²) in [5.41, 5.74) is -0.0192. The number of hydrogen-bond donors (Lipinski definition) is 0. The van der Waals surface area contributed by atoms with Gasteiger partial charge in [-0.25, -0.2) is 0 Å². The standard InChI is InChI=1S/C14H25NO2/c1-6-13(17)15-8-7-12(9-15)14(4,5)10(2)11(3)16/h10,12H,6-9H2,1-5H3. The fourth-order valence-electron chi connectivity index (χ4n) is 2.70. The van der Waals surface area contributed by atoms with Crippen molar-refractivity contribution in [1.29, 1.82) is 0 Å². The number of carbonyl (C=O) groups is 2. The highest BCUT2D eigenvalue weighted by Gasteiger charge is 2.41. The molecule has 3 heteroatoms. The fourth-order valence-corrected chi connectivity index (χ4v) is 2.70. The Morgan fingerprint density at radius 1 is 1.41 bits per heavy atom. The zero-order valence-electron chi connectivity index (χ0n) is 11.7. The van der Waals surface area contributed by atoms with Gasteiger partial charge in [0.05, 0.1) is 0 Å². The second-order valence-corrected chi connectivity index (χ2v) is 5.83. The van der Waals surface area contributed by atoms with Gasteiger partial charge in [0.1, 0.15) is 5.78 Å². The van der Waals surface area contributed by atoms with E-state index in [1.807, 2.05) is 18.7 Å². The Labute approximate surface area is 105 Å². The van der Waals surface area contributed by atoms with Crippen molar-refractivity contribution in [3.05, 3.63) is 0 Å². The number of likely N-dealkylation sites (tertiary alicyclic amines) is 1. The first-order valence-electron chi connectivity index (χ1n) is 6.58. The van der Waals surface area contributed by atoms with Gasteiger partial charge >= 0.3 is 0 Å². The van der Waals surface area contributed by atoms with Gasteiger partial charge in [0.2, 0.25) is 5.91 Å². The third-order valence-corrected chi connectivity index (χ3v) is 4.62. The SMILES string of the molecule is CCC(=O)N1CCC(C(C)(C)C(C)C(C)=O)C1. The van der Waals surface area contributed by atoms with Crippen LogP contribution in [0.15, 0.2) is 0 Å². The van der Waals surface area contributed by atoms with Gasteiger partial charge in [0, 0.05) is 25.4 Å². The molecule has 2 atom stereocenters. The Hall–Kier alpha value is -0.860. The maximum absolute atomic E-state index is 11.6. The lowest BCUT2D eigenvalue weighted by Gasteiger charge is -2.36. The van der Waals surface area contributed by atoms with Crippen molar-refractivity contribution >= 4 is 11.7 Å². The average Bonchev–Trinajstić information content (AvgIpc) is 2.76. The highest BCUT2D eigenvalue weighted by atomic mass is 16.2. The van der Waals surface area contributed by atoms with E-state index in [9.17, 15) is 9.59 Å². The number of Topliss-reactive ketones (excluding diaryl/α,β-unsaturated/α-hetero) is 1. The second kappa shape index (κ2) is 5.19. The van der Waals surface area contributed by atoms with Crippen molar-refractivity contribution in [1.82, 2.24) is 4.90 Å². The number of carbonyl (C=O) groups excluding carboxylic acids is 2. The summed E-state index contributed by atoms with van der Waals surface area (Å²) in [6.07, 6.45) is 1.60. The van der Waals surface area contributed by atoms with Crippen molar-refractivity contribution in [2.24, 2.45) is 17.3 Å². The number of ketones is 1. The van der Waals surface area contributed by atoms with Crippen LogP contribution in [0.3, 0.4) is 0 Å². The Balaban J connectivity index is 2.70. The highest BCUT2D eigenvalue weighted by molar-refractivity contribution is 5.79. The van der Waals surface area contributed by atoms with Gasteiger partial charge in [-0.3, -0.25) is 9.59 Å². The van der Waals surface area contributed by atoms with Gasteiger partial charge in [-0.2, -0.15) is 0 Å². The third-order valence-electron chi connectivity index (χ3n) is 4.62. The smallest absolute Gasteiger partial charge is 0.222 e. The lowest BCUT2D eigenvalue weighted by molar-refractivity contribution is -0.130.